The van der Waals surface area contributed by atoms with E-state index in [1.165, 1.54) is 0 Å². The first-order valence-corrected chi connectivity index (χ1v) is 9.89. The number of carbonyl (C=O) groups excluding carboxylic acids is 1. The topological polar surface area (TPSA) is 57.0 Å². The van der Waals surface area contributed by atoms with Gasteiger partial charge in [0.05, 0.1) is 7.11 Å². The molecule has 3 rings (SSSR count). The van der Waals surface area contributed by atoms with Crippen LogP contribution in [0, 0.1) is 0 Å². The number of hydrogen-bond acceptors (Lipinski definition) is 5. The Bertz CT molecular complexity index is 972. The summed E-state index contributed by atoms with van der Waals surface area (Å²) < 4.78 is 7.48. The lowest BCUT2D eigenvalue weighted by Gasteiger charge is -2.11. The van der Waals surface area contributed by atoms with E-state index in [0.717, 1.165) is 34.4 Å². The van der Waals surface area contributed by atoms with Gasteiger partial charge in [-0.25, -0.2) is 0 Å². The van der Waals surface area contributed by atoms with Gasteiger partial charge in [-0.3, -0.25) is 4.79 Å². The maximum absolute atomic E-state index is 11.7. The molecule has 0 saturated carbocycles. The Morgan fingerprint density at radius 2 is 2.04 bits per heavy atom. The Kier molecular flexibility index (Phi) is 6.19. The van der Waals surface area contributed by atoms with Crippen LogP contribution in [0.15, 0.2) is 47.6 Å². The van der Waals surface area contributed by atoms with E-state index in [1.807, 2.05) is 36.4 Å². The molecule has 0 aliphatic rings. The second kappa shape index (κ2) is 8.59. The molecule has 0 bridgehead atoms. The van der Waals surface area contributed by atoms with Gasteiger partial charge in [-0.2, -0.15) is 0 Å². The molecule has 0 unspecified atom stereocenters. The first-order chi connectivity index (χ1) is 13.0. The van der Waals surface area contributed by atoms with E-state index in [-0.39, 0.29) is 5.78 Å². The lowest BCUT2D eigenvalue weighted by atomic mass is 10.1. The molecule has 0 spiro atoms. The van der Waals surface area contributed by atoms with E-state index in [0.29, 0.717) is 16.3 Å². The van der Waals surface area contributed by atoms with Gasteiger partial charge >= 0.3 is 0 Å². The number of aromatic nitrogens is 3. The minimum atomic E-state index is 0.0314. The maximum Gasteiger partial charge on any atom is 0.191 e. The molecule has 1 aromatic heterocycles. The summed E-state index contributed by atoms with van der Waals surface area (Å²) in [5, 5.41) is 10.2. The highest BCUT2D eigenvalue weighted by molar-refractivity contribution is 7.98. The van der Waals surface area contributed by atoms with E-state index in [2.05, 4.69) is 21.7 Å². The van der Waals surface area contributed by atoms with Gasteiger partial charge < -0.3 is 9.30 Å². The van der Waals surface area contributed by atoms with Gasteiger partial charge in [-0.1, -0.05) is 35.5 Å². The zero-order chi connectivity index (χ0) is 19.4. The van der Waals surface area contributed by atoms with Crippen molar-refractivity contribution in [2.75, 3.05) is 7.11 Å². The summed E-state index contributed by atoms with van der Waals surface area (Å²) in [6.45, 7) is 4.35. The van der Waals surface area contributed by atoms with E-state index in [9.17, 15) is 4.79 Å². The number of carbonyl (C=O) groups is 1. The largest absolute Gasteiger partial charge is 0.496 e. The monoisotopic (exact) mass is 401 g/mol. The normalized spacial score (nSPS) is 10.8. The molecule has 0 atom stereocenters. The number of rotatable bonds is 7. The Balaban J connectivity index is 1.87. The third-order valence-corrected chi connectivity index (χ3v) is 5.41. The van der Waals surface area contributed by atoms with Gasteiger partial charge in [0.1, 0.15) is 5.75 Å². The van der Waals surface area contributed by atoms with Crippen molar-refractivity contribution in [1.29, 1.82) is 0 Å². The van der Waals surface area contributed by atoms with E-state index in [4.69, 9.17) is 16.3 Å². The predicted octanol–water partition coefficient (Wildman–Crippen LogP) is 5.12. The van der Waals surface area contributed by atoms with Crippen LogP contribution in [0.4, 0.5) is 0 Å². The minimum Gasteiger partial charge on any atom is -0.496 e. The van der Waals surface area contributed by atoms with Crippen LogP contribution in [0.1, 0.15) is 29.8 Å². The lowest BCUT2D eigenvalue weighted by molar-refractivity contribution is 0.101. The number of thioether (sulfide) groups is 1. The van der Waals surface area contributed by atoms with Crippen LogP contribution < -0.4 is 4.74 Å². The van der Waals surface area contributed by atoms with Crippen molar-refractivity contribution in [3.05, 3.63) is 58.6 Å². The molecule has 0 amide bonds. The van der Waals surface area contributed by atoms with Crippen molar-refractivity contribution < 1.29 is 9.53 Å². The lowest BCUT2D eigenvalue weighted by Crippen LogP contribution is -2.01. The standard InChI is InChI=1S/C20H20ClN3O2S/c1-4-24-19(15-6-5-7-17(21)11-15)22-23-20(24)27-12-16-10-14(13(2)25)8-9-18(16)26-3/h5-11H,4,12H2,1-3H3. The molecule has 0 fully saturated rings. The third kappa shape index (κ3) is 4.34. The van der Waals surface area contributed by atoms with Crippen LogP contribution in [0.25, 0.3) is 11.4 Å². The Hall–Kier alpha value is -2.31. The third-order valence-electron chi connectivity index (χ3n) is 4.16. The Morgan fingerprint density at radius 1 is 1.22 bits per heavy atom. The molecule has 7 heteroatoms. The fourth-order valence-electron chi connectivity index (χ4n) is 2.77. The summed E-state index contributed by atoms with van der Waals surface area (Å²) in [6, 6.07) is 13.1. The number of hydrogen-bond donors (Lipinski definition) is 0. The smallest absolute Gasteiger partial charge is 0.191 e. The van der Waals surface area contributed by atoms with Gasteiger partial charge in [-0.05, 0) is 44.2 Å². The maximum atomic E-state index is 11.7. The highest BCUT2D eigenvalue weighted by atomic mass is 35.5. The average Bonchev–Trinajstić information content (AvgIpc) is 3.09. The summed E-state index contributed by atoms with van der Waals surface area (Å²) in [5.74, 6) is 2.19. The molecule has 0 aliphatic heterocycles. The summed E-state index contributed by atoms with van der Waals surface area (Å²) >= 11 is 7.67. The summed E-state index contributed by atoms with van der Waals surface area (Å²) in [5.41, 5.74) is 2.55. The number of methoxy groups -OCH3 is 1. The van der Waals surface area contributed by atoms with E-state index < -0.39 is 0 Å². The molecule has 140 valence electrons. The van der Waals surface area contributed by atoms with Gasteiger partial charge in [0, 0.05) is 34.0 Å². The molecular weight excluding hydrogens is 382 g/mol. The fourth-order valence-corrected chi connectivity index (χ4v) is 3.94. The van der Waals surface area contributed by atoms with Crippen molar-refractivity contribution in [3.8, 4) is 17.1 Å². The van der Waals surface area contributed by atoms with Crippen LogP contribution in [0.2, 0.25) is 5.02 Å². The first kappa shape index (κ1) is 19.5. The molecule has 5 nitrogen and oxygen atoms in total. The minimum absolute atomic E-state index is 0.0314. The number of Topliss-reactive ketones (excluding diaryl/α,β-unsaturated/α-hetero) is 1. The zero-order valence-electron chi connectivity index (χ0n) is 15.4. The average molecular weight is 402 g/mol. The number of nitrogens with zero attached hydrogens (tertiary/aromatic N) is 3. The van der Waals surface area contributed by atoms with Crippen molar-refractivity contribution in [2.24, 2.45) is 0 Å². The second-order valence-corrected chi connectivity index (χ2v) is 7.31. The van der Waals surface area contributed by atoms with Crippen molar-refractivity contribution in [3.63, 3.8) is 0 Å². The van der Waals surface area contributed by atoms with Gasteiger partial charge in [0.2, 0.25) is 0 Å². The number of halogens is 1. The zero-order valence-corrected chi connectivity index (χ0v) is 17.0. The molecule has 27 heavy (non-hydrogen) atoms. The van der Waals surface area contributed by atoms with Gasteiger partial charge in [0.25, 0.3) is 0 Å². The van der Waals surface area contributed by atoms with Gasteiger partial charge in [-0.15, -0.1) is 10.2 Å². The summed E-state index contributed by atoms with van der Waals surface area (Å²) in [6.07, 6.45) is 0. The highest BCUT2D eigenvalue weighted by Crippen LogP contribution is 2.31. The van der Waals surface area contributed by atoms with Crippen molar-refractivity contribution >= 4 is 29.1 Å². The molecule has 2 aromatic carbocycles. The number of ketones is 1. The van der Waals surface area contributed by atoms with E-state index in [1.54, 1.807) is 31.9 Å². The predicted molar refractivity (Wildman–Crippen MR) is 109 cm³/mol. The molecule has 1 heterocycles. The molecule has 0 aliphatic carbocycles. The van der Waals surface area contributed by atoms with Crippen LogP contribution in [0.3, 0.4) is 0 Å². The van der Waals surface area contributed by atoms with Gasteiger partial charge in [0.15, 0.2) is 16.8 Å². The molecular formula is C20H20ClN3O2S. The van der Waals surface area contributed by atoms with Crippen LogP contribution in [-0.4, -0.2) is 27.7 Å². The SMILES string of the molecule is CCn1c(SCc2cc(C(C)=O)ccc2OC)nnc1-c1cccc(Cl)c1. The Labute approximate surface area is 167 Å². The number of benzene rings is 2. The number of ether oxygens (including phenoxy) is 1. The van der Waals surface area contributed by atoms with Crippen LogP contribution in [-0.2, 0) is 12.3 Å². The second-order valence-electron chi connectivity index (χ2n) is 5.93. The molecule has 0 saturated heterocycles. The van der Waals surface area contributed by atoms with Crippen molar-refractivity contribution in [2.45, 2.75) is 31.3 Å². The van der Waals surface area contributed by atoms with E-state index >= 15 is 0 Å². The summed E-state index contributed by atoms with van der Waals surface area (Å²) in [4.78, 5) is 11.7. The summed E-state index contributed by atoms with van der Waals surface area (Å²) in [7, 11) is 1.63. The molecule has 0 N–H and O–H groups in total. The van der Waals surface area contributed by atoms with Crippen LogP contribution >= 0.6 is 23.4 Å². The fraction of sp³-hybridized carbons (Fsp3) is 0.250. The van der Waals surface area contributed by atoms with Crippen LogP contribution in [0.5, 0.6) is 5.75 Å². The quantitative estimate of drug-likeness (QED) is 0.406. The van der Waals surface area contributed by atoms with Crippen molar-refractivity contribution in [1.82, 2.24) is 14.8 Å². The Morgan fingerprint density at radius 3 is 2.70 bits per heavy atom. The molecule has 0 radical (unpaired) electrons. The molecule has 3 aromatic rings. The highest BCUT2D eigenvalue weighted by Gasteiger charge is 2.15. The first-order valence-electron chi connectivity index (χ1n) is 8.53.